The van der Waals surface area contributed by atoms with Crippen LogP contribution >= 0.6 is 24.0 Å². The Bertz CT molecular complexity index is 573. The van der Waals surface area contributed by atoms with Crippen LogP contribution in [0.1, 0.15) is 18.1 Å². The summed E-state index contributed by atoms with van der Waals surface area (Å²) < 4.78 is 0. The molecular formula is C16H24IN5O2. The fraction of sp³-hybridized carbons (Fsp3) is 0.438. The van der Waals surface area contributed by atoms with E-state index in [0.717, 1.165) is 12.1 Å². The van der Waals surface area contributed by atoms with Crippen molar-refractivity contribution in [3.63, 3.8) is 0 Å². The second kappa shape index (κ2) is 10.1. The minimum Gasteiger partial charge on any atom is -0.357 e. The molecule has 0 radical (unpaired) electrons. The molecule has 1 aromatic carbocycles. The van der Waals surface area contributed by atoms with Gasteiger partial charge in [-0.25, -0.2) is 9.79 Å². The van der Waals surface area contributed by atoms with Gasteiger partial charge >= 0.3 is 6.03 Å². The van der Waals surface area contributed by atoms with Crippen molar-refractivity contribution in [3.05, 3.63) is 35.4 Å². The number of rotatable bonds is 6. The molecule has 1 aliphatic rings. The molecule has 1 saturated heterocycles. The zero-order valence-corrected chi connectivity index (χ0v) is 16.3. The maximum absolute atomic E-state index is 11.5. The molecule has 0 atom stereocenters. The fourth-order valence-electron chi connectivity index (χ4n) is 2.17. The molecule has 0 aliphatic carbocycles. The molecule has 132 valence electrons. The van der Waals surface area contributed by atoms with Gasteiger partial charge in [-0.05, 0) is 19.4 Å². The number of hydrogen-bond donors (Lipinski definition) is 3. The first kappa shape index (κ1) is 20.2. The third kappa shape index (κ3) is 5.99. The van der Waals surface area contributed by atoms with Crippen LogP contribution in [0.3, 0.4) is 0 Å². The summed E-state index contributed by atoms with van der Waals surface area (Å²) in [6.45, 7) is 6.20. The van der Waals surface area contributed by atoms with Crippen molar-refractivity contribution >= 4 is 41.9 Å². The zero-order valence-electron chi connectivity index (χ0n) is 14.0. The standard InChI is InChI=1S/C16H23N5O2.HI/c1-3-17-15(19-10-13-6-4-12(2)5-7-13)18-8-9-21-14(22)11-20-16(21)23;/h4-7H,3,8-11H2,1-2H3,(H,20,23)(H2,17,18,19);1H. The van der Waals surface area contributed by atoms with Gasteiger partial charge in [0.15, 0.2) is 5.96 Å². The number of amides is 3. The smallest absolute Gasteiger partial charge is 0.324 e. The SMILES string of the molecule is CCNC(=NCc1ccc(C)cc1)NCCN1C(=O)CNC1=O.I. The number of hydrogen-bond acceptors (Lipinski definition) is 3. The summed E-state index contributed by atoms with van der Waals surface area (Å²) >= 11 is 0. The summed E-state index contributed by atoms with van der Waals surface area (Å²) in [4.78, 5) is 28.6. The maximum Gasteiger partial charge on any atom is 0.324 e. The summed E-state index contributed by atoms with van der Waals surface area (Å²) in [6.07, 6.45) is 0. The number of aryl methyl sites for hydroxylation is 1. The van der Waals surface area contributed by atoms with E-state index in [-0.39, 0.29) is 42.5 Å². The zero-order chi connectivity index (χ0) is 16.7. The van der Waals surface area contributed by atoms with E-state index in [0.29, 0.717) is 25.6 Å². The average Bonchev–Trinajstić information content (AvgIpc) is 2.86. The second-order valence-corrected chi connectivity index (χ2v) is 5.31. The number of urea groups is 1. The number of nitrogens with zero attached hydrogens (tertiary/aromatic N) is 2. The van der Waals surface area contributed by atoms with Crippen molar-refractivity contribution in [2.75, 3.05) is 26.2 Å². The van der Waals surface area contributed by atoms with E-state index in [1.54, 1.807) is 0 Å². The predicted octanol–water partition coefficient (Wildman–Crippen LogP) is 1.22. The van der Waals surface area contributed by atoms with Gasteiger partial charge in [0.25, 0.3) is 0 Å². The van der Waals surface area contributed by atoms with E-state index in [1.165, 1.54) is 10.5 Å². The Hall–Kier alpha value is -1.84. The van der Waals surface area contributed by atoms with Gasteiger partial charge in [0.1, 0.15) is 0 Å². The third-order valence-corrected chi connectivity index (χ3v) is 3.45. The molecule has 1 fully saturated rings. The highest BCUT2D eigenvalue weighted by molar-refractivity contribution is 14.0. The molecule has 2 rings (SSSR count). The van der Waals surface area contributed by atoms with Gasteiger partial charge in [0, 0.05) is 19.6 Å². The van der Waals surface area contributed by atoms with Crippen LogP contribution in [-0.2, 0) is 11.3 Å². The number of carbonyl (C=O) groups is 2. The summed E-state index contributed by atoms with van der Waals surface area (Å²) in [5.74, 6) is 0.471. The molecular weight excluding hydrogens is 421 g/mol. The topological polar surface area (TPSA) is 85.8 Å². The number of nitrogens with one attached hydrogen (secondary N) is 3. The highest BCUT2D eigenvalue weighted by atomic mass is 127. The highest BCUT2D eigenvalue weighted by Crippen LogP contribution is 2.04. The van der Waals surface area contributed by atoms with Crippen LogP contribution in [0, 0.1) is 6.92 Å². The van der Waals surface area contributed by atoms with Crippen LogP contribution < -0.4 is 16.0 Å². The van der Waals surface area contributed by atoms with E-state index in [1.807, 2.05) is 6.92 Å². The van der Waals surface area contributed by atoms with Crippen molar-refractivity contribution in [1.82, 2.24) is 20.9 Å². The molecule has 0 saturated carbocycles. The van der Waals surface area contributed by atoms with E-state index in [2.05, 4.69) is 52.1 Å². The van der Waals surface area contributed by atoms with E-state index >= 15 is 0 Å². The molecule has 8 heteroatoms. The molecule has 7 nitrogen and oxygen atoms in total. The summed E-state index contributed by atoms with van der Waals surface area (Å²) in [5, 5.41) is 8.78. The molecule has 1 aromatic rings. The normalized spacial score (nSPS) is 14.2. The number of aliphatic imine (C=N–C) groups is 1. The lowest BCUT2D eigenvalue weighted by Crippen LogP contribution is -2.43. The average molecular weight is 445 g/mol. The Balaban J connectivity index is 0.00000288. The Labute approximate surface area is 159 Å². The number of benzene rings is 1. The van der Waals surface area contributed by atoms with E-state index in [4.69, 9.17) is 0 Å². The van der Waals surface area contributed by atoms with Gasteiger partial charge in [-0.1, -0.05) is 29.8 Å². The Morgan fingerprint density at radius 2 is 1.96 bits per heavy atom. The van der Waals surface area contributed by atoms with Gasteiger partial charge in [0.2, 0.25) is 5.91 Å². The van der Waals surface area contributed by atoms with Crippen LogP contribution in [-0.4, -0.2) is 49.0 Å². The summed E-state index contributed by atoms with van der Waals surface area (Å²) in [6, 6.07) is 7.88. The highest BCUT2D eigenvalue weighted by Gasteiger charge is 2.27. The van der Waals surface area contributed by atoms with Crippen LogP contribution in [0.5, 0.6) is 0 Å². The Morgan fingerprint density at radius 3 is 2.54 bits per heavy atom. The first-order valence-electron chi connectivity index (χ1n) is 7.76. The van der Waals surface area contributed by atoms with Crippen molar-refractivity contribution < 1.29 is 9.59 Å². The Morgan fingerprint density at radius 1 is 1.25 bits per heavy atom. The van der Waals surface area contributed by atoms with E-state index < -0.39 is 0 Å². The molecule has 3 amide bonds. The molecule has 3 N–H and O–H groups in total. The number of guanidine groups is 1. The lowest BCUT2D eigenvalue weighted by Gasteiger charge is -2.15. The van der Waals surface area contributed by atoms with Gasteiger partial charge in [-0.15, -0.1) is 24.0 Å². The quantitative estimate of drug-likeness (QED) is 0.266. The first-order valence-corrected chi connectivity index (χ1v) is 7.76. The van der Waals surface area contributed by atoms with Gasteiger partial charge in [0.05, 0.1) is 13.1 Å². The van der Waals surface area contributed by atoms with Gasteiger partial charge in [-0.2, -0.15) is 0 Å². The number of carbonyl (C=O) groups excluding carboxylic acids is 2. The van der Waals surface area contributed by atoms with Crippen molar-refractivity contribution in [1.29, 1.82) is 0 Å². The summed E-state index contributed by atoms with van der Waals surface area (Å²) in [5.41, 5.74) is 2.35. The molecule has 0 spiro atoms. The largest absolute Gasteiger partial charge is 0.357 e. The van der Waals surface area contributed by atoms with Crippen LogP contribution in [0.2, 0.25) is 0 Å². The first-order chi connectivity index (χ1) is 11.1. The number of imide groups is 1. The molecule has 0 aromatic heterocycles. The minimum atomic E-state index is -0.335. The Kier molecular flexibility index (Phi) is 8.51. The van der Waals surface area contributed by atoms with Crippen LogP contribution in [0.15, 0.2) is 29.3 Å². The van der Waals surface area contributed by atoms with E-state index in [9.17, 15) is 9.59 Å². The third-order valence-electron chi connectivity index (χ3n) is 3.45. The van der Waals surface area contributed by atoms with Crippen molar-refractivity contribution in [2.24, 2.45) is 4.99 Å². The van der Waals surface area contributed by atoms with Crippen molar-refractivity contribution in [3.8, 4) is 0 Å². The van der Waals surface area contributed by atoms with Crippen LogP contribution in [0.4, 0.5) is 4.79 Å². The second-order valence-electron chi connectivity index (χ2n) is 5.31. The number of halogens is 1. The lowest BCUT2D eigenvalue weighted by molar-refractivity contribution is -0.124. The van der Waals surface area contributed by atoms with Crippen LogP contribution in [0.25, 0.3) is 0 Å². The molecule has 1 aliphatic heterocycles. The summed E-state index contributed by atoms with van der Waals surface area (Å²) in [7, 11) is 0. The monoisotopic (exact) mass is 445 g/mol. The van der Waals surface area contributed by atoms with Gasteiger partial charge in [-0.3, -0.25) is 9.69 Å². The maximum atomic E-state index is 11.5. The lowest BCUT2D eigenvalue weighted by atomic mass is 10.1. The van der Waals surface area contributed by atoms with Crippen molar-refractivity contribution in [2.45, 2.75) is 20.4 Å². The minimum absolute atomic E-state index is 0. The van der Waals surface area contributed by atoms with Gasteiger partial charge < -0.3 is 16.0 Å². The molecule has 0 bridgehead atoms. The molecule has 24 heavy (non-hydrogen) atoms. The molecule has 0 unspecified atom stereocenters. The molecule has 1 heterocycles. The fourth-order valence-corrected chi connectivity index (χ4v) is 2.17. The predicted molar refractivity (Wildman–Crippen MR) is 105 cm³/mol.